The first kappa shape index (κ1) is 15.1. The lowest BCUT2D eigenvalue weighted by Gasteiger charge is -2.11. The third kappa shape index (κ3) is 5.14. The molecule has 8 heteroatoms. The van der Waals surface area contributed by atoms with Crippen LogP contribution in [0.5, 0.6) is 6.01 Å². The minimum atomic E-state index is -0.902. The Morgan fingerprint density at radius 2 is 2.00 bits per heavy atom. The maximum atomic E-state index is 11.2. The van der Waals surface area contributed by atoms with E-state index in [1.807, 2.05) is 20.8 Å². The van der Waals surface area contributed by atoms with Crippen LogP contribution in [-0.2, 0) is 10.8 Å². The number of nitrogens with one attached hydrogen (secondary N) is 1. The molecule has 0 fully saturated rings. The third-order valence-electron chi connectivity index (χ3n) is 2.04. The molecule has 0 aromatic carbocycles. The highest BCUT2D eigenvalue weighted by atomic mass is 35.5. The van der Waals surface area contributed by atoms with E-state index in [-0.39, 0.29) is 22.6 Å². The van der Waals surface area contributed by atoms with Crippen molar-refractivity contribution in [2.24, 2.45) is 0 Å². The molecule has 0 aliphatic rings. The summed E-state index contributed by atoms with van der Waals surface area (Å²) in [6.07, 6.45) is 1.61. The summed E-state index contributed by atoms with van der Waals surface area (Å²) in [6.45, 7) is 6.10. The zero-order valence-corrected chi connectivity index (χ0v) is 12.4. The fraction of sp³-hybridized carbons (Fsp3) is 0.700. The van der Waals surface area contributed by atoms with E-state index in [1.54, 1.807) is 6.26 Å². The van der Waals surface area contributed by atoms with Crippen molar-refractivity contribution in [3.63, 3.8) is 0 Å². The predicted molar refractivity (Wildman–Crippen MR) is 72.6 cm³/mol. The lowest BCUT2D eigenvalue weighted by Crippen LogP contribution is -2.22. The normalized spacial score (nSPS) is 14.3. The number of rotatable bonds is 6. The van der Waals surface area contributed by atoms with Crippen molar-refractivity contribution in [2.75, 3.05) is 18.1 Å². The molecule has 6 nitrogen and oxygen atoms in total. The molecule has 1 heterocycles. The van der Waals surface area contributed by atoms with Gasteiger partial charge >= 0.3 is 6.01 Å². The zero-order valence-electron chi connectivity index (χ0n) is 10.8. The number of ether oxygens (including phenoxy) is 1. The van der Waals surface area contributed by atoms with Gasteiger partial charge in [0, 0.05) is 28.9 Å². The minimum absolute atomic E-state index is 0.00462. The van der Waals surface area contributed by atoms with Gasteiger partial charge in [0.05, 0.1) is 6.10 Å². The van der Waals surface area contributed by atoms with Gasteiger partial charge < -0.3 is 10.1 Å². The number of aromatic nitrogens is 3. The molecule has 0 saturated heterocycles. The molecule has 0 bridgehead atoms. The molecule has 1 aromatic heterocycles. The van der Waals surface area contributed by atoms with Crippen LogP contribution in [0.25, 0.3) is 0 Å². The summed E-state index contributed by atoms with van der Waals surface area (Å²) in [4.78, 5) is 11.8. The highest BCUT2D eigenvalue weighted by Gasteiger charge is 2.10. The van der Waals surface area contributed by atoms with E-state index in [9.17, 15) is 4.21 Å². The summed E-state index contributed by atoms with van der Waals surface area (Å²) in [7, 11) is -0.902. The molecule has 18 heavy (non-hydrogen) atoms. The second-order valence-corrected chi connectivity index (χ2v) is 6.21. The summed E-state index contributed by atoms with van der Waals surface area (Å²) in [5.74, 6) is 0.322. The van der Waals surface area contributed by atoms with Crippen molar-refractivity contribution in [3.8, 4) is 6.01 Å². The summed E-state index contributed by atoms with van der Waals surface area (Å²) < 4.78 is 16.6. The largest absolute Gasteiger partial charge is 0.461 e. The van der Waals surface area contributed by atoms with Gasteiger partial charge in [-0.2, -0.15) is 15.0 Å². The predicted octanol–water partition coefficient (Wildman–Crippen LogP) is 1.49. The van der Waals surface area contributed by atoms with E-state index < -0.39 is 10.8 Å². The van der Waals surface area contributed by atoms with E-state index >= 15 is 0 Å². The van der Waals surface area contributed by atoms with Gasteiger partial charge in [-0.1, -0.05) is 0 Å². The summed E-state index contributed by atoms with van der Waals surface area (Å²) >= 11 is 5.77. The topological polar surface area (TPSA) is 77.0 Å². The van der Waals surface area contributed by atoms with E-state index in [1.165, 1.54) is 0 Å². The Bertz CT molecular complexity index is 430. The highest BCUT2D eigenvalue weighted by molar-refractivity contribution is 7.84. The quantitative estimate of drug-likeness (QED) is 0.856. The number of anilines is 1. The van der Waals surface area contributed by atoms with Crippen molar-refractivity contribution >= 4 is 28.3 Å². The maximum absolute atomic E-state index is 11.2. The number of hydrogen-bond acceptors (Lipinski definition) is 6. The molecule has 0 spiro atoms. The molecule has 2 atom stereocenters. The third-order valence-corrected chi connectivity index (χ3v) is 3.51. The fourth-order valence-corrected chi connectivity index (χ4v) is 1.50. The second-order valence-electron chi connectivity index (χ2n) is 4.07. The Balaban J connectivity index is 2.71. The molecule has 1 N–H and O–H groups in total. The van der Waals surface area contributed by atoms with Crippen LogP contribution in [0.3, 0.4) is 0 Å². The summed E-state index contributed by atoms with van der Waals surface area (Å²) in [5.41, 5.74) is 0. The minimum Gasteiger partial charge on any atom is -0.461 e. The lowest BCUT2D eigenvalue weighted by atomic mass is 10.5. The van der Waals surface area contributed by atoms with Crippen molar-refractivity contribution in [1.29, 1.82) is 0 Å². The van der Waals surface area contributed by atoms with E-state index in [4.69, 9.17) is 16.3 Å². The van der Waals surface area contributed by atoms with Crippen LogP contribution in [0.1, 0.15) is 20.8 Å². The fourth-order valence-electron chi connectivity index (χ4n) is 1.03. The van der Waals surface area contributed by atoms with E-state index in [0.29, 0.717) is 12.5 Å². The van der Waals surface area contributed by atoms with E-state index in [0.717, 1.165) is 0 Å². The van der Waals surface area contributed by atoms with Crippen LogP contribution in [0, 0.1) is 0 Å². The molecule has 0 saturated carbocycles. The SMILES string of the molecule is CC(C)Oc1nc(Cl)nc(NCC(C)S(C)=O)n1. The van der Waals surface area contributed by atoms with Crippen molar-refractivity contribution in [1.82, 2.24) is 15.0 Å². The van der Waals surface area contributed by atoms with Gasteiger partial charge in [0.1, 0.15) is 0 Å². The molecular formula is C10H17ClN4O2S. The monoisotopic (exact) mass is 292 g/mol. The van der Waals surface area contributed by atoms with E-state index in [2.05, 4.69) is 20.3 Å². The van der Waals surface area contributed by atoms with Crippen LogP contribution in [0.2, 0.25) is 5.28 Å². The van der Waals surface area contributed by atoms with Crippen LogP contribution in [0.4, 0.5) is 5.95 Å². The lowest BCUT2D eigenvalue weighted by molar-refractivity contribution is 0.222. The number of hydrogen-bond donors (Lipinski definition) is 1. The first-order chi connectivity index (χ1) is 8.38. The highest BCUT2D eigenvalue weighted by Crippen LogP contribution is 2.12. The molecule has 0 radical (unpaired) electrons. The van der Waals surface area contributed by atoms with Crippen LogP contribution < -0.4 is 10.1 Å². The van der Waals surface area contributed by atoms with Gasteiger partial charge in [-0.3, -0.25) is 4.21 Å². The molecular weight excluding hydrogens is 276 g/mol. The number of nitrogens with zero attached hydrogens (tertiary/aromatic N) is 3. The van der Waals surface area contributed by atoms with Gasteiger partial charge in [-0.15, -0.1) is 0 Å². The molecule has 0 aliphatic carbocycles. The van der Waals surface area contributed by atoms with Gasteiger partial charge in [0.2, 0.25) is 11.2 Å². The first-order valence-electron chi connectivity index (χ1n) is 5.52. The molecule has 102 valence electrons. The smallest absolute Gasteiger partial charge is 0.322 e. The molecule has 1 aromatic rings. The summed E-state index contributed by atoms with van der Waals surface area (Å²) in [6, 6.07) is 0.178. The molecule has 0 aliphatic heterocycles. The first-order valence-corrected chi connectivity index (χ1v) is 7.52. The maximum Gasteiger partial charge on any atom is 0.322 e. The second kappa shape index (κ2) is 6.84. The van der Waals surface area contributed by atoms with Crippen LogP contribution >= 0.6 is 11.6 Å². The van der Waals surface area contributed by atoms with Gasteiger partial charge in [0.25, 0.3) is 0 Å². The van der Waals surface area contributed by atoms with Crippen LogP contribution in [-0.4, -0.2) is 43.3 Å². The Morgan fingerprint density at radius 1 is 1.33 bits per heavy atom. The molecule has 1 rings (SSSR count). The summed E-state index contributed by atoms with van der Waals surface area (Å²) in [5, 5.41) is 3.02. The van der Waals surface area contributed by atoms with Gasteiger partial charge in [-0.25, -0.2) is 0 Å². The van der Waals surface area contributed by atoms with Crippen molar-refractivity contribution in [2.45, 2.75) is 32.1 Å². The Kier molecular flexibility index (Phi) is 5.74. The molecule has 0 amide bonds. The van der Waals surface area contributed by atoms with Gasteiger partial charge in [0.15, 0.2) is 0 Å². The zero-order chi connectivity index (χ0) is 13.7. The van der Waals surface area contributed by atoms with Crippen LogP contribution in [0.15, 0.2) is 0 Å². The number of halogens is 1. The average Bonchev–Trinajstić information content (AvgIpc) is 2.23. The Hall–Kier alpha value is -0.950. The average molecular weight is 293 g/mol. The van der Waals surface area contributed by atoms with Crippen molar-refractivity contribution in [3.05, 3.63) is 5.28 Å². The van der Waals surface area contributed by atoms with Crippen molar-refractivity contribution < 1.29 is 8.95 Å². The molecule has 2 unspecified atom stereocenters. The van der Waals surface area contributed by atoms with Gasteiger partial charge in [-0.05, 0) is 32.4 Å². The Labute approximate surface area is 114 Å². The Morgan fingerprint density at radius 3 is 2.56 bits per heavy atom. The standard InChI is InChI=1S/C10H17ClN4O2S/c1-6(2)17-10-14-8(11)13-9(15-10)12-5-7(3)18(4)16/h6-7H,5H2,1-4H3,(H,12,13,14,15).